The predicted molar refractivity (Wildman–Crippen MR) is 135 cm³/mol. The van der Waals surface area contributed by atoms with Gasteiger partial charge in [0.25, 0.3) is 0 Å². The van der Waals surface area contributed by atoms with Gasteiger partial charge in [-0.3, -0.25) is 14.4 Å². The first-order valence-corrected chi connectivity index (χ1v) is 13.4. The Morgan fingerprint density at radius 3 is 2.54 bits per heavy atom. The van der Waals surface area contributed by atoms with Crippen molar-refractivity contribution in [1.29, 1.82) is 0 Å². The van der Waals surface area contributed by atoms with Crippen LogP contribution < -0.4 is 10.6 Å². The summed E-state index contributed by atoms with van der Waals surface area (Å²) in [6.07, 6.45) is 5.82. The van der Waals surface area contributed by atoms with Crippen molar-refractivity contribution in [2.75, 3.05) is 18.5 Å². The number of rotatable bonds is 10. The predicted octanol–water partition coefficient (Wildman–Crippen LogP) is 3.98. The summed E-state index contributed by atoms with van der Waals surface area (Å²) in [6, 6.07) is 8.79. The van der Waals surface area contributed by atoms with Crippen LogP contribution in [0.15, 0.2) is 35.7 Å². The van der Waals surface area contributed by atoms with Gasteiger partial charge in [-0.1, -0.05) is 43.2 Å². The van der Waals surface area contributed by atoms with Gasteiger partial charge in [0.1, 0.15) is 6.04 Å². The first kappa shape index (κ1) is 25.3. The average Bonchev–Trinajstić information content (AvgIpc) is 3.62. The Balaban J connectivity index is 1.50. The molecule has 8 nitrogen and oxygen atoms in total. The Kier molecular flexibility index (Phi) is 8.87. The Bertz CT molecular complexity index is 1000. The van der Waals surface area contributed by atoms with Crippen LogP contribution in [0.25, 0.3) is 0 Å². The topological polar surface area (TPSA) is 101 Å². The lowest BCUT2D eigenvalue weighted by atomic mass is 10.0. The first-order valence-electron chi connectivity index (χ1n) is 12.5. The van der Waals surface area contributed by atoms with Gasteiger partial charge in [-0.05, 0) is 38.2 Å². The minimum absolute atomic E-state index is 0.00293. The van der Waals surface area contributed by atoms with Gasteiger partial charge in [-0.2, -0.15) is 0 Å². The number of amides is 3. The maximum absolute atomic E-state index is 13.6. The fourth-order valence-electron chi connectivity index (χ4n) is 4.77. The van der Waals surface area contributed by atoms with Crippen molar-refractivity contribution < 1.29 is 19.1 Å². The molecule has 0 spiro atoms. The van der Waals surface area contributed by atoms with Crippen molar-refractivity contribution in [3.8, 4) is 0 Å². The maximum Gasteiger partial charge on any atom is 0.247 e. The smallest absolute Gasteiger partial charge is 0.247 e. The van der Waals surface area contributed by atoms with E-state index in [2.05, 4.69) is 15.6 Å². The van der Waals surface area contributed by atoms with Gasteiger partial charge in [0, 0.05) is 37.4 Å². The number of carbonyl (C=O) groups excluding carboxylic acids is 3. The minimum Gasteiger partial charge on any atom is -0.376 e. The summed E-state index contributed by atoms with van der Waals surface area (Å²) >= 11 is 1.35. The molecule has 1 saturated heterocycles. The number of hydrogen-bond donors (Lipinski definition) is 2. The van der Waals surface area contributed by atoms with Crippen LogP contribution in [0.5, 0.6) is 0 Å². The summed E-state index contributed by atoms with van der Waals surface area (Å²) in [5.74, 6) is -0.671. The maximum atomic E-state index is 13.6. The minimum atomic E-state index is -0.766. The molecule has 1 saturated carbocycles. The van der Waals surface area contributed by atoms with Gasteiger partial charge in [-0.15, -0.1) is 11.3 Å². The van der Waals surface area contributed by atoms with E-state index in [1.807, 2.05) is 42.6 Å². The standard InChI is InChI=1S/C26H34N4O4S/c1-18-17-35-26(27-18)29-22(31)13-14-23(32)30(16-21-12-7-15-34-21)24(19-8-3-2-4-9-19)25(33)28-20-10-5-6-11-20/h2-4,8-9,17,20-21,24H,5-7,10-16H2,1H3,(H,28,33)(H,27,29,31)/t21-,24-/m1/s1. The summed E-state index contributed by atoms with van der Waals surface area (Å²) in [4.78, 5) is 45.5. The molecule has 1 aliphatic carbocycles. The average molecular weight is 499 g/mol. The number of carbonyl (C=O) groups is 3. The number of aryl methyl sites for hydroxylation is 1. The van der Waals surface area contributed by atoms with E-state index < -0.39 is 6.04 Å². The zero-order valence-corrected chi connectivity index (χ0v) is 21.0. The number of nitrogens with zero attached hydrogens (tertiary/aromatic N) is 2. The first-order chi connectivity index (χ1) is 17.0. The van der Waals surface area contributed by atoms with Gasteiger partial charge >= 0.3 is 0 Å². The molecule has 1 aromatic carbocycles. The number of aromatic nitrogens is 1. The van der Waals surface area contributed by atoms with Crippen molar-refractivity contribution >= 4 is 34.2 Å². The van der Waals surface area contributed by atoms with Crippen LogP contribution >= 0.6 is 11.3 Å². The van der Waals surface area contributed by atoms with Crippen LogP contribution in [-0.4, -0.2) is 52.9 Å². The van der Waals surface area contributed by atoms with Crippen molar-refractivity contribution in [3.05, 3.63) is 47.0 Å². The van der Waals surface area contributed by atoms with E-state index in [9.17, 15) is 14.4 Å². The van der Waals surface area contributed by atoms with Crippen molar-refractivity contribution in [1.82, 2.24) is 15.2 Å². The normalized spacial score (nSPS) is 18.8. The van der Waals surface area contributed by atoms with Gasteiger partial charge in [-0.25, -0.2) is 4.98 Å². The molecule has 2 heterocycles. The summed E-state index contributed by atoms with van der Waals surface area (Å²) in [5.41, 5.74) is 1.60. The SMILES string of the molecule is Cc1csc(NC(=O)CCC(=O)N(C[C@H]2CCCO2)[C@@H](C(=O)NC2CCCC2)c2ccccc2)n1. The molecule has 2 N–H and O–H groups in total. The summed E-state index contributed by atoms with van der Waals surface area (Å²) < 4.78 is 5.83. The van der Waals surface area contributed by atoms with E-state index >= 15 is 0 Å². The van der Waals surface area contributed by atoms with Crippen molar-refractivity contribution in [2.45, 2.75) is 76.5 Å². The molecular formula is C26H34N4O4S. The highest BCUT2D eigenvalue weighted by Crippen LogP contribution is 2.27. The molecule has 35 heavy (non-hydrogen) atoms. The molecule has 3 amide bonds. The second-order valence-corrected chi connectivity index (χ2v) is 10.2. The highest BCUT2D eigenvalue weighted by atomic mass is 32.1. The lowest BCUT2D eigenvalue weighted by molar-refractivity contribution is -0.143. The van der Waals surface area contributed by atoms with Gasteiger partial charge in [0.05, 0.1) is 11.8 Å². The van der Waals surface area contributed by atoms with Crippen LogP contribution in [0.1, 0.15) is 68.7 Å². The van der Waals surface area contributed by atoms with Crippen LogP contribution in [0.2, 0.25) is 0 Å². The molecule has 0 unspecified atom stereocenters. The molecule has 2 aromatic rings. The Hall–Kier alpha value is -2.78. The molecule has 4 rings (SSSR count). The third-order valence-corrected chi connectivity index (χ3v) is 7.43. The van der Waals surface area contributed by atoms with E-state index in [-0.39, 0.29) is 42.7 Å². The number of hydrogen-bond acceptors (Lipinski definition) is 6. The number of thiazole rings is 1. The lowest BCUT2D eigenvalue weighted by Gasteiger charge is -2.34. The molecule has 2 aliphatic rings. The largest absolute Gasteiger partial charge is 0.376 e. The Labute approximate surface area is 210 Å². The second kappa shape index (κ2) is 12.3. The zero-order valence-electron chi connectivity index (χ0n) is 20.2. The molecular weight excluding hydrogens is 464 g/mol. The Morgan fingerprint density at radius 1 is 1.11 bits per heavy atom. The van der Waals surface area contributed by atoms with Crippen LogP contribution in [-0.2, 0) is 19.1 Å². The third kappa shape index (κ3) is 7.11. The van der Waals surface area contributed by atoms with Crippen LogP contribution in [0, 0.1) is 6.92 Å². The van der Waals surface area contributed by atoms with E-state index in [1.54, 1.807) is 4.90 Å². The molecule has 1 aliphatic heterocycles. The summed E-state index contributed by atoms with van der Waals surface area (Å²) in [6.45, 7) is 2.84. The summed E-state index contributed by atoms with van der Waals surface area (Å²) in [7, 11) is 0. The quantitative estimate of drug-likeness (QED) is 0.516. The number of anilines is 1. The fourth-order valence-corrected chi connectivity index (χ4v) is 5.48. The molecule has 188 valence electrons. The number of benzene rings is 1. The molecule has 9 heteroatoms. The second-order valence-electron chi connectivity index (χ2n) is 9.33. The van der Waals surface area contributed by atoms with Gasteiger partial charge < -0.3 is 20.3 Å². The highest BCUT2D eigenvalue weighted by molar-refractivity contribution is 7.13. The van der Waals surface area contributed by atoms with Crippen LogP contribution in [0.3, 0.4) is 0 Å². The van der Waals surface area contributed by atoms with E-state index in [1.165, 1.54) is 11.3 Å². The number of nitrogens with one attached hydrogen (secondary N) is 2. The van der Waals surface area contributed by atoms with Crippen molar-refractivity contribution in [3.63, 3.8) is 0 Å². The van der Waals surface area contributed by atoms with Gasteiger partial charge in [0.15, 0.2) is 5.13 Å². The van der Waals surface area contributed by atoms with Crippen molar-refractivity contribution in [2.24, 2.45) is 0 Å². The Morgan fingerprint density at radius 2 is 1.89 bits per heavy atom. The van der Waals surface area contributed by atoms with E-state index in [0.29, 0.717) is 18.3 Å². The molecule has 2 fully saturated rings. The molecule has 0 radical (unpaired) electrons. The molecule has 2 atom stereocenters. The number of ether oxygens (including phenoxy) is 1. The van der Waals surface area contributed by atoms with Gasteiger partial charge in [0.2, 0.25) is 17.7 Å². The zero-order chi connectivity index (χ0) is 24.6. The molecule has 1 aromatic heterocycles. The third-order valence-electron chi connectivity index (χ3n) is 6.55. The van der Waals surface area contributed by atoms with Crippen LogP contribution in [0.4, 0.5) is 5.13 Å². The lowest BCUT2D eigenvalue weighted by Crippen LogP contribution is -2.48. The molecule has 0 bridgehead atoms. The highest BCUT2D eigenvalue weighted by Gasteiger charge is 2.35. The monoisotopic (exact) mass is 498 g/mol. The fraction of sp³-hybridized carbons (Fsp3) is 0.538. The van der Waals surface area contributed by atoms with E-state index in [4.69, 9.17) is 4.74 Å². The van der Waals surface area contributed by atoms with E-state index in [0.717, 1.165) is 49.8 Å². The summed E-state index contributed by atoms with van der Waals surface area (Å²) in [5, 5.41) is 8.31.